The van der Waals surface area contributed by atoms with Crippen molar-refractivity contribution in [2.75, 3.05) is 5.73 Å². The third kappa shape index (κ3) is 5.84. The number of nitrogens with one attached hydrogen (secondary N) is 1. The molecule has 6 N–H and O–H groups in total. The molecule has 1 heterocycles. The van der Waals surface area contributed by atoms with Gasteiger partial charge < -0.3 is 16.6 Å². The normalized spacial score (nSPS) is 14.0. The number of nitrogens with two attached hydrogens (primary N) is 2. The molecule has 0 aliphatic carbocycles. The number of hydrogen-bond donors (Lipinski definition) is 4. The number of benzene rings is 1. The van der Waals surface area contributed by atoms with Crippen molar-refractivity contribution >= 4 is 27.8 Å². The second kappa shape index (κ2) is 8.71. The molecule has 0 aliphatic rings. The molecule has 1 aromatic heterocycles. The number of amides is 1. The summed E-state index contributed by atoms with van der Waals surface area (Å²) >= 11 is 0. The summed E-state index contributed by atoms with van der Waals surface area (Å²) < 4.78 is 25.9. The summed E-state index contributed by atoms with van der Waals surface area (Å²) in [7, 11) is -4.07. The third-order valence-corrected chi connectivity index (χ3v) is 4.67. The third-order valence-electron chi connectivity index (χ3n) is 3.69. The lowest BCUT2D eigenvalue weighted by molar-refractivity contribution is -0.122. The molecule has 2 aromatic rings. The smallest absolute Gasteiger partial charge is 0.257 e. The average molecular weight is 391 g/mol. The van der Waals surface area contributed by atoms with Crippen molar-refractivity contribution in [2.24, 2.45) is 5.73 Å². The van der Waals surface area contributed by atoms with Crippen LogP contribution in [0.15, 0.2) is 42.1 Å². The van der Waals surface area contributed by atoms with Crippen molar-refractivity contribution in [2.45, 2.75) is 25.5 Å². The molecule has 9 nitrogen and oxygen atoms in total. The zero-order chi connectivity index (χ0) is 20.0. The van der Waals surface area contributed by atoms with Crippen LogP contribution in [-0.4, -0.2) is 41.5 Å². The Labute approximate surface area is 157 Å². The van der Waals surface area contributed by atoms with Crippen LogP contribution in [0.4, 0.5) is 5.82 Å². The summed E-state index contributed by atoms with van der Waals surface area (Å²) in [5.41, 5.74) is 13.0. The molecule has 10 heteroatoms. The number of aliphatic hydroxyl groups excluding tert-OH is 1. The number of nitrogen functional groups attached to an aromatic ring is 1. The second-order valence-electron chi connectivity index (χ2n) is 5.77. The van der Waals surface area contributed by atoms with Crippen molar-refractivity contribution in [3.63, 3.8) is 0 Å². The zero-order valence-corrected chi connectivity index (χ0v) is 15.4. The largest absolute Gasteiger partial charge is 0.391 e. The van der Waals surface area contributed by atoms with Crippen LogP contribution in [0.25, 0.3) is 17.3 Å². The van der Waals surface area contributed by atoms with Crippen molar-refractivity contribution in [1.82, 2.24) is 14.7 Å². The Morgan fingerprint density at radius 1 is 1.33 bits per heavy atom. The van der Waals surface area contributed by atoms with Gasteiger partial charge in [0.2, 0.25) is 0 Å². The molecule has 0 bridgehead atoms. The molecule has 0 unspecified atom stereocenters. The highest BCUT2D eigenvalue weighted by molar-refractivity contribution is 7.93. The maximum absolute atomic E-state index is 12.0. The van der Waals surface area contributed by atoms with Crippen molar-refractivity contribution < 1.29 is 18.3 Å². The maximum atomic E-state index is 12.0. The van der Waals surface area contributed by atoms with Gasteiger partial charge in [-0.3, -0.25) is 4.79 Å². The van der Waals surface area contributed by atoms with Crippen LogP contribution in [0.1, 0.15) is 18.9 Å². The van der Waals surface area contributed by atoms with Gasteiger partial charge in [0.25, 0.3) is 15.9 Å². The van der Waals surface area contributed by atoms with E-state index in [0.29, 0.717) is 17.1 Å². The van der Waals surface area contributed by atoms with Crippen LogP contribution in [0.2, 0.25) is 0 Å². The van der Waals surface area contributed by atoms with Gasteiger partial charge in [-0.15, -0.1) is 0 Å². The van der Waals surface area contributed by atoms with E-state index in [2.05, 4.69) is 9.97 Å². The first-order valence-corrected chi connectivity index (χ1v) is 9.63. The SMILES string of the molecule is CC[C@@H](O)[C@H](N)C(=O)NS(=O)(=O)/C=C/c1cccc(-c2cc(N)ncn2)c1. The van der Waals surface area contributed by atoms with Gasteiger partial charge in [-0.05, 0) is 24.1 Å². The van der Waals surface area contributed by atoms with Gasteiger partial charge in [0.15, 0.2) is 0 Å². The molecule has 1 amide bonds. The first-order chi connectivity index (χ1) is 12.7. The molecule has 0 saturated carbocycles. The molecule has 27 heavy (non-hydrogen) atoms. The van der Waals surface area contributed by atoms with E-state index in [4.69, 9.17) is 11.5 Å². The minimum absolute atomic E-state index is 0.227. The number of nitrogens with zero attached hydrogens (tertiary/aromatic N) is 2. The monoisotopic (exact) mass is 391 g/mol. The Balaban J connectivity index is 2.15. The summed E-state index contributed by atoms with van der Waals surface area (Å²) in [4.78, 5) is 19.7. The second-order valence-corrected chi connectivity index (χ2v) is 7.34. The minimum Gasteiger partial charge on any atom is -0.391 e. The lowest BCUT2D eigenvalue weighted by Crippen LogP contribution is -2.49. The van der Waals surface area contributed by atoms with E-state index < -0.39 is 28.1 Å². The van der Waals surface area contributed by atoms with E-state index >= 15 is 0 Å². The summed E-state index contributed by atoms with van der Waals surface area (Å²) in [5.74, 6) is -0.656. The van der Waals surface area contributed by atoms with Crippen LogP contribution in [-0.2, 0) is 14.8 Å². The van der Waals surface area contributed by atoms with E-state index in [-0.39, 0.29) is 6.42 Å². The van der Waals surface area contributed by atoms with E-state index in [9.17, 15) is 18.3 Å². The van der Waals surface area contributed by atoms with E-state index in [0.717, 1.165) is 11.0 Å². The van der Waals surface area contributed by atoms with E-state index in [1.807, 2.05) is 4.72 Å². The molecule has 0 saturated heterocycles. The van der Waals surface area contributed by atoms with Crippen LogP contribution in [0, 0.1) is 0 Å². The Hall–Kier alpha value is -2.82. The number of sulfonamides is 1. The van der Waals surface area contributed by atoms with Crippen molar-refractivity contribution in [3.05, 3.63) is 47.6 Å². The minimum atomic E-state index is -4.07. The molecular formula is C17H21N5O4S. The Kier molecular flexibility index (Phi) is 6.61. The standard InChI is InChI=1S/C17H21N5O4S/c1-2-14(23)16(19)17(24)22-27(25,26)7-6-11-4-3-5-12(8-11)13-9-15(18)21-10-20-13/h3-10,14,16,23H,2,19H2,1H3,(H,22,24)(H2,18,20,21)/b7-6+/t14-,16+/m1/s1. The number of carbonyl (C=O) groups excluding carboxylic acids is 1. The van der Waals surface area contributed by atoms with Gasteiger partial charge in [-0.1, -0.05) is 25.1 Å². The number of hydrogen-bond acceptors (Lipinski definition) is 8. The molecule has 0 spiro atoms. The van der Waals surface area contributed by atoms with Crippen LogP contribution in [0.3, 0.4) is 0 Å². The summed E-state index contributed by atoms with van der Waals surface area (Å²) in [6, 6.07) is 7.19. The van der Waals surface area contributed by atoms with Gasteiger partial charge in [-0.2, -0.15) is 0 Å². The molecule has 1 aromatic carbocycles. The molecular weight excluding hydrogens is 370 g/mol. The van der Waals surface area contributed by atoms with Gasteiger partial charge in [0.1, 0.15) is 18.2 Å². The highest BCUT2D eigenvalue weighted by Crippen LogP contribution is 2.19. The first-order valence-electron chi connectivity index (χ1n) is 8.08. The van der Waals surface area contributed by atoms with Crippen LogP contribution in [0.5, 0.6) is 0 Å². The lowest BCUT2D eigenvalue weighted by atomic mass is 10.1. The average Bonchev–Trinajstić information content (AvgIpc) is 2.65. The highest BCUT2D eigenvalue weighted by Gasteiger charge is 2.24. The number of rotatable bonds is 7. The fourth-order valence-corrected chi connectivity index (χ4v) is 2.99. The highest BCUT2D eigenvalue weighted by atomic mass is 32.2. The number of aliphatic hydroxyl groups is 1. The van der Waals surface area contributed by atoms with Gasteiger partial charge in [0.05, 0.1) is 17.2 Å². The first kappa shape index (κ1) is 20.5. The van der Waals surface area contributed by atoms with Gasteiger partial charge in [-0.25, -0.2) is 23.1 Å². The lowest BCUT2D eigenvalue weighted by Gasteiger charge is -2.15. The van der Waals surface area contributed by atoms with Crippen molar-refractivity contribution in [1.29, 1.82) is 0 Å². The Morgan fingerprint density at radius 2 is 2.07 bits per heavy atom. The maximum Gasteiger partial charge on any atom is 0.257 e. The quantitative estimate of drug-likeness (QED) is 0.522. The molecule has 0 aliphatic heterocycles. The molecule has 0 radical (unpaired) electrons. The van der Waals surface area contributed by atoms with Crippen LogP contribution >= 0.6 is 0 Å². The Morgan fingerprint density at radius 3 is 2.74 bits per heavy atom. The number of anilines is 1. The molecule has 0 fully saturated rings. The fourth-order valence-electron chi connectivity index (χ4n) is 2.17. The number of carbonyl (C=O) groups is 1. The fraction of sp³-hybridized carbons (Fsp3) is 0.235. The number of aromatic nitrogens is 2. The zero-order valence-electron chi connectivity index (χ0n) is 14.6. The summed E-state index contributed by atoms with van der Waals surface area (Å²) in [6.07, 6.45) is 1.76. The van der Waals surface area contributed by atoms with E-state index in [1.54, 1.807) is 37.3 Å². The molecule has 144 valence electrons. The van der Waals surface area contributed by atoms with Gasteiger partial charge in [0, 0.05) is 11.6 Å². The predicted molar refractivity (Wildman–Crippen MR) is 102 cm³/mol. The van der Waals surface area contributed by atoms with Crippen molar-refractivity contribution in [3.8, 4) is 11.3 Å². The van der Waals surface area contributed by atoms with E-state index in [1.165, 1.54) is 12.4 Å². The van der Waals surface area contributed by atoms with Gasteiger partial charge >= 0.3 is 0 Å². The summed E-state index contributed by atoms with van der Waals surface area (Å²) in [6.45, 7) is 1.63. The predicted octanol–water partition coefficient (Wildman–Crippen LogP) is 0.241. The van der Waals surface area contributed by atoms with Crippen LogP contribution < -0.4 is 16.2 Å². The topological polar surface area (TPSA) is 161 Å². The molecule has 2 rings (SSSR count). The molecule has 2 atom stereocenters. The summed E-state index contributed by atoms with van der Waals surface area (Å²) in [5, 5.41) is 10.4. The Bertz CT molecular complexity index is 946.